The number of nitrogens with zero attached hydrogens (tertiary/aromatic N) is 1. The molecule has 2 N–H and O–H groups in total. The number of carbonyl (C=O) groups is 2. The molecule has 0 aromatic heterocycles. The molecule has 0 spiro atoms. The van der Waals surface area contributed by atoms with Crippen LogP contribution in [0.1, 0.15) is 31.0 Å². The smallest absolute Gasteiger partial charge is 0.337 e. The van der Waals surface area contributed by atoms with Gasteiger partial charge in [0.1, 0.15) is 0 Å². The van der Waals surface area contributed by atoms with Crippen molar-refractivity contribution in [2.75, 3.05) is 18.6 Å². The van der Waals surface area contributed by atoms with E-state index in [9.17, 15) is 9.59 Å². The molecule has 2 amide bonds. The van der Waals surface area contributed by atoms with E-state index in [-0.39, 0.29) is 6.03 Å². The summed E-state index contributed by atoms with van der Waals surface area (Å²) in [6.45, 7) is 5.49. The van der Waals surface area contributed by atoms with Crippen LogP contribution >= 0.6 is 0 Å². The molecule has 1 atom stereocenters. The average Bonchev–Trinajstić information content (AvgIpc) is 2.72. The van der Waals surface area contributed by atoms with Crippen LogP contribution in [-0.2, 0) is 16.1 Å². The Balaban J connectivity index is 1.85. The lowest BCUT2D eigenvalue weighted by Crippen LogP contribution is -2.45. The number of allylic oxidation sites excluding steroid dienone is 1. The van der Waals surface area contributed by atoms with E-state index in [0.717, 1.165) is 24.3 Å². The highest BCUT2D eigenvalue weighted by Crippen LogP contribution is 2.29. The third-order valence-corrected chi connectivity index (χ3v) is 4.86. The first-order chi connectivity index (χ1) is 13.5. The third-order valence-electron chi connectivity index (χ3n) is 4.86. The number of anilines is 1. The number of amides is 2. The Morgan fingerprint density at radius 2 is 1.79 bits per heavy atom. The highest BCUT2D eigenvalue weighted by atomic mass is 16.5. The number of benzene rings is 2. The zero-order valence-corrected chi connectivity index (χ0v) is 16.4. The van der Waals surface area contributed by atoms with Gasteiger partial charge in [0, 0.05) is 24.5 Å². The summed E-state index contributed by atoms with van der Waals surface area (Å²) in [6.07, 6.45) is 0. The second kappa shape index (κ2) is 8.61. The number of hydrogen-bond donors (Lipinski definition) is 2. The van der Waals surface area contributed by atoms with Crippen molar-refractivity contribution in [1.82, 2.24) is 10.6 Å². The number of urea groups is 1. The molecule has 1 aliphatic rings. The van der Waals surface area contributed by atoms with E-state index < -0.39 is 12.0 Å². The van der Waals surface area contributed by atoms with Crippen LogP contribution in [0.4, 0.5) is 10.5 Å². The van der Waals surface area contributed by atoms with Gasteiger partial charge in [-0.2, -0.15) is 0 Å². The summed E-state index contributed by atoms with van der Waals surface area (Å²) in [5.41, 5.74) is 4.06. The first kappa shape index (κ1) is 19.5. The van der Waals surface area contributed by atoms with Gasteiger partial charge in [-0.1, -0.05) is 42.5 Å². The summed E-state index contributed by atoms with van der Waals surface area (Å²) in [7, 11) is 1.34. The standard InChI is InChI=1S/C22H25N3O3/c1-4-25(14-16-8-6-5-7-9-16)18-12-10-17(11-13-18)20-19(21(26)28-3)15(2)23-22(27)24-20/h5-13,20H,4,14H2,1-3H3,(H2,23,24,27). The number of hydrogen-bond acceptors (Lipinski definition) is 4. The highest BCUT2D eigenvalue weighted by Gasteiger charge is 2.31. The monoisotopic (exact) mass is 379 g/mol. The molecule has 0 radical (unpaired) electrons. The van der Waals surface area contributed by atoms with Gasteiger partial charge in [-0.25, -0.2) is 9.59 Å². The molecule has 0 bridgehead atoms. The van der Waals surface area contributed by atoms with Crippen molar-refractivity contribution in [3.8, 4) is 0 Å². The maximum atomic E-state index is 12.2. The van der Waals surface area contributed by atoms with Crippen molar-refractivity contribution in [1.29, 1.82) is 0 Å². The lowest BCUT2D eigenvalue weighted by atomic mass is 9.95. The van der Waals surface area contributed by atoms with Gasteiger partial charge in [-0.05, 0) is 37.1 Å². The molecule has 1 unspecified atom stereocenters. The van der Waals surface area contributed by atoms with Gasteiger partial charge in [-0.3, -0.25) is 0 Å². The van der Waals surface area contributed by atoms with Gasteiger partial charge in [0.15, 0.2) is 0 Å². The molecule has 0 aliphatic carbocycles. The molecular weight excluding hydrogens is 354 g/mol. The van der Waals surface area contributed by atoms with Crippen LogP contribution in [0.15, 0.2) is 65.9 Å². The maximum absolute atomic E-state index is 12.2. The molecule has 28 heavy (non-hydrogen) atoms. The minimum absolute atomic E-state index is 0.335. The first-order valence-corrected chi connectivity index (χ1v) is 9.29. The topological polar surface area (TPSA) is 70.7 Å². The van der Waals surface area contributed by atoms with Crippen molar-refractivity contribution in [2.45, 2.75) is 26.4 Å². The minimum Gasteiger partial charge on any atom is -0.466 e. The van der Waals surface area contributed by atoms with E-state index in [2.05, 4.69) is 34.6 Å². The fraction of sp³-hybridized carbons (Fsp3) is 0.273. The molecule has 0 saturated heterocycles. The van der Waals surface area contributed by atoms with E-state index >= 15 is 0 Å². The molecule has 3 rings (SSSR count). The van der Waals surface area contributed by atoms with Crippen molar-refractivity contribution in [2.24, 2.45) is 0 Å². The van der Waals surface area contributed by atoms with Crippen molar-refractivity contribution in [3.05, 3.63) is 77.0 Å². The van der Waals surface area contributed by atoms with Crippen molar-refractivity contribution < 1.29 is 14.3 Å². The number of nitrogens with one attached hydrogen (secondary N) is 2. The Kier molecular flexibility index (Phi) is 5.99. The quantitative estimate of drug-likeness (QED) is 0.754. The number of esters is 1. The van der Waals surface area contributed by atoms with Crippen LogP contribution in [0.5, 0.6) is 0 Å². The largest absolute Gasteiger partial charge is 0.466 e. The van der Waals surface area contributed by atoms with Gasteiger partial charge in [0.25, 0.3) is 0 Å². The molecule has 6 heteroatoms. The van der Waals surface area contributed by atoms with Crippen molar-refractivity contribution >= 4 is 17.7 Å². The van der Waals surface area contributed by atoms with Crippen LogP contribution in [0.3, 0.4) is 0 Å². The summed E-state index contributed by atoms with van der Waals surface area (Å²) in [6, 6.07) is 17.3. The molecular formula is C22H25N3O3. The van der Waals surface area contributed by atoms with Crippen molar-refractivity contribution in [3.63, 3.8) is 0 Å². The Hall–Kier alpha value is -3.28. The van der Waals surface area contributed by atoms with Crippen LogP contribution in [0.2, 0.25) is 0 Å². The highest BCUT2D eigenvalue weighted by molar-refractivity contribution is 5.94. The SMILES string of the molecule is CCN(Cc1ccccc1)c1ccc(C2NC(=O)NC(C)=C2C(=O)OC)cc1. The van der Waals surface area contributed by atoms with Gasteiger partial charge >= 0.3 is 12.0 Å². The Labute approximate surface area is 165 Å². The Morgan fingerprint density at radius 3 is 2.39 bits per heavy atom. The zero-order valence-electron chi connectivity index (χ0n) is 16.4. The minimum atomic E-state index is -0.542. The summed E-state index contributed by atoms with van der Waals surface area (Å²) in [5.74, 6) is -0.460. The molecule has 6 nitrogen and oxygen atoms in total. The third kappa shape index (κ3) is 4.17. The molecule has 2 aromatic rings. The lowest BCUT2D eigenvalue weighted by molar-refractivity contribution is -0.136. The van der Waals surface area contributed by atoms with E-state index in [1.165, 1.54) is 12.7 Å². The van der Waals surface area contributed by atoms with Gasteiger partial charge in [0.05, 0.1) is 18.7 Å². The van der Waals surface area contributed by atoms with Crippen LogP contribution in [0.25, 0.3) is 0 Å². The predicted molar refractivity (Wildman–Crippen MR) is 109 cm³/mol. The van der Waals surface area contributed by atoms with Gasteiger partial charge in [0.2, 0.25) is 0 Å². The molecule has 0 fully saturated rings. The van der Waals surface area contributed by atoms with E-state index in [1.54, 1.807) is 6.92 Å². The summed E-state index contributed by atoms with van der Waals surface area (Å²) >= 11 is 0. The van der Waals surface area contributed by atoms with E-state index in [0.29, 0.717) is 11.3 Å². The molecule has 146 valence electrons. The summed E-state index contributed by atoms with van der Waals surface area (Å²) in [5, 5.41) is 5.44. The number of ether oxygens (including phenoxy) is 1. The van der Waals surface area contributed by atoms with Crippen LogP contribution in [0, 0.1) is 0 Å². The first-order valence-electron chi connectivity index (χ1n) is 9.29. The molecule has 2 aromatic carbocycles. The summed E-state index contributed by atoms with van der Waals surface area (Å²) < 4.78 is 4.90. The van der Waals surface area contributed by atoms with Gasteiger partial charge in [-0.15, -0.1) is 0 Å². The molecule has 0 saturated carbocycles. The normalized spacial score (nSPS) is 16.2. The number of rotatable bonds is 6. The van der Waals surface area contributed by atoms with Crippen LogP contribution < -0.4 is 15.5 Å². The van der Waals surface area contributed by atoms with E-state index in [1.807, 2.05) is 42.5 Å². The molecule has 1 aliphatic heterocycles. The molecule has 1 heterocycles. The Bertz CT molecular complexity index is 876. The summed E-state index contributed by atoms with van der Waals surface area (Å²) in [4.78, 5) is 26.4. The fourth-order valence-corrected chi connectivity index (χ4v) is 3.39. The second-order valence-electron chi connectivity index (χ2n) is 6.65. The lowest BCUT2D eigenvalue weighted by Gasteiger charge is -2.28. The fourth-order valence-electron chi connectivity index (χ4n) is 3.39. The van der Waals surface area contributed by atoms with Crippen LogP contribution in [-0.4, -0.2) is 25.7 Å². The van der Waals surface area contributed by atoms with Gasteiger partial charge < -0.3 is 20.3 Å². The van der Waals surface area contributed by atoms with E-state index in [4.69, 9.17) is 4.74 Å². The second-order valence-corrected chi connectivity index (χ2v) is 6.65. The predicted octanol–water partition coefficient (Wildman–Crippen LogP) is 3.51. The average molecular weight is 379 g/mol. The number of carbonyl (C=O) groups excluding carboxylic acids is 2. The zero-order chi connectivity index (χ0) is 20.1. The Morgan fingerprint density at radius 1 is 1.11 bits per heavy atom. The maximum Gasteiger partial charge on any atom is 0.337 e. The number of methoxy groups -OCH3 is 1.